The van der Waals surface area contributed by atoms with Crippen molar-refractivity contribution in [3.63, 3.8) is 0 Å². The first-order valence-electron chi connectivity index (χ1n) is 31.5. The molecule has 82 heavy (non-hydrogen) atoms. The molecule has 0 unspecified atom stereocenters. The Morgan fingerprint density at radius 3 is 1.85 bits per heavy atom. The Morgan fingerprint density at radius 2 is 1.18 bits per heavy atom. The maximum absolute atomic E-state index is 8.93. The van der Waals surface area contributed by atoms with E-state index in [0.717, 1.165) is 57.7 Å². The van der Waals surface area contributed by atoms with Crippen LogP contribution in [0, 0.1) is 25.8 Å². The largest absolute Gasteiger partial charge is 2.00 e. The van der Waals surface area contributed by atoms with Crippen molar-refractivity contribution in [2.75, 3.05) is 0 Å². The second-order valence-electron chi connectivity index (χ2n) is 26.9. The molecule has 1 aliphatic heterocycles. The summed E-state index contributed by atoms with van der Waals surface area (Å²) >= 11 is 0. The van der Waals surface area contributed by atoms with E-state index in [-0.39, 0.29) is 59.3 Å². The van der Waals surface area contributed by atoms with Crippen molar-refractivity contribution in [1.29, 1.82) is 0 Å². The minimum atomic E-state index is -2.51. The fourth-order valence-electron chi connectivity index (χ4n) is 11.9. The smallest absolute Gasteiger partial charge is 0.509 e. The molecular weight excluding hydrogens is 1180 g/mol. The number of ether oxygens (including phenoxy) is 1. The summed E-state index contributed by atoms with van der Waals surface area (Å²) in [6.45, 7) is 24.7. The van der Waals surface area contributed by atoms with Crippen LogP contribution in [0.25, 0.3) is 61.0 Å². The van der Waals surface area contributed by atoms with Crippen LogP contribution in [0.15, 0.2) is 164 Å². The van der Waals surface area contributed by atoms with Crippen molar-refractivity contribution in [2.45, 2.75) is 144 Å². The Kier molecular flexibility index (Phi) is 12.3. The minimum absolute atomic E-state index is 0. The third kappa shape index (κ3) is 10.2. The summed E-state index contributed by atoms with van der Waals surface area (Å²) in [7, 11) is 0. The Labute approximate surface area is 509 Å². The number of hydrogen-bond acceptors (Lipinski definition) is 2. The summed E-state index contributed by atoms with van der Waals surface area (Å²) in [6, 6.07) is 64.4. The van der Waals surface area contributed by atoms with Crippen LogP contribution in [0.2, 0.25) is 0 Å². The number of rotatable bonds is 8. The predicted octanol–water partition coefficient (Wildman–Crippen LogP) is 20.3. The number of pyridine rings is 1. The zero-order chi connectivity index (χ0) is 62.1. The number of benzene rings is 8. The van der Waals surface area contributed by atoms with E-state index in [9.17, 15) is 0 Å². The van der Waals surface area contributed by atoms with Crippen LogP contribution < -0.4 is 13.9 Å². The maximum Gasteiger partial charge on any atom is 2.00 e. The van der Waals surface area contributed by atoms with Gasteiger partial charge in [0, 0.05) is 49.1 Å². The predicted molar refractivity (Wildman–Crippen MR) is 341 cm³/mol. The van der Waals surface area contributed by atoms with Gasteiger partial charge in [-0.3, -0.25) is 0 Å². The normalized spacial score (nSPS) is 16.1. The zero-order valence-corrected chi connectivity index (χ0v) is 51.8. The van der Waals surface area contributed by atoms with Gasteiger partial charge in [0.05, 0.1) is 11.1 Å². The van der Waals surface area contributed by atoms with Crippen LogP contribution in [0.1, 0.15) is 150 Å². The van der Waals surface area contributed by atoms with E-state index in [1.54, 1.807) is 30.5 Å². The molecule has 414 valence electrons. The molecule has 2 aromatic heterocycles. The summed E-state index contributed by atoms with van der Waals surface area (Å²) < 4.78 is 64.7. The summed E-state index contributed by atoms with van der Waals surface area (Å²) in [5, 5.41) is 1.35. The van der Waals surface area contributed by atoms with Gasteiger partial charge in [-0.25, -0.2) is 4.98 Å². The second kappa shape index (κ2) is 20.5. The van der Waals surface area contributed by atoms with E-state index in [4.69, 9.17) is 17.9 Å². The molecule has 8 aromatic carbocycles. The van der Waals surface area contributed by atoms with Crippen LogP contribution in [-0.2, 0) is 48.1 Å². The van der Waals surface area contributed by atoms with E-state index >= 15 is 0 Å². The molecule has 5 nitrogen and oxygen atoms in total. The summed E-state index contributed by atoms with van der Waals surface area (Å²) in [5.41, 5.74) is 16.6. The first-order valence-corrected chi connectivity index (χ1v) is 28.5. The summed E-state index contributed by atoms with van der Waals surface area (Å²) in [5.74, 6) is 1.13. The number of hydrogen-bond donors (Lipinski definition) is 0. The van der Waals surface area contributed by atoms with Crippen molar-refractivity contribution in [3.8, 4) is 50.7 Å². The molecule has 3 heterocycles. The van der Waals surface area contributed by atoms with Crippen LogP contribution in [0.4, 0.5) is 22.7 Å². The van der Waals surface area contributed by atoms with Gasteiger partial charge in [-0.1, -0.05) is 209 Å². The van der Waals surface area contributed by atoms with Gasteiger partial charge in [0.1, 0.15) is 11.5 Å². The van der Waals surface area contributed by atoms with Crippen molar-refractivity contribution in [1.82, 2.24) is 18.7 Å². The average molecular weight is 1260 g/mol. The first-order chi connectivity index (χ1) is 40.7. The zero-order valence-electron chi connectivity index (χ0n) is 55.5. The van der Waals surface area contributed by atoms with Crippen molar-refractivity contribution in [2.24, 2.45) is 0 Å². The van der Waals surface area contributed by atoms with Crippen LogP contribution in [0.3, 0.4) is 0 Å². The molecule has 12 rings (SSSR count). The van der Waals surface area contributed by atoms with E-state index in [0.29, 0.717) is 50.4 Å². The molecule has 0 saturated heterocycles. The van der Waals surface area contributed by atoms with Crippen molar-refractivity contribution in [3.05, 3.63) is 215 Å². The molecule has 6 heteroatoms. The quantitative estimate of drug-likeness (QED) is 0.112. The fourth-order valence-corrected chi connectivity index (χ4v) is 11.9. The number of fused-ring (bicyclic) bond motifs is 5. The average Bonchev–Trinajstić information content (AvgIpc) is 1.63. The molecule has 0 N–H and O–H groups in total. The number of nitrogens with zero attached hydrogens (tertiary/aromatic N) is 4. The number of para-hydroxylation sites is 2. The minimum Gasteiger partial charge on any atom is -0.509 e. The van der Waals surface area contributed by atoms with Gasteiger partial charge in [-0.2, -0.15) is 12.1 Å². The van der Waals surface area contributed by atoms with E-state index in [2.05, 4.69) is 204 Å². The standard InChI is InChI=1S/C76H76N4O.Pt/c1-48-28-33-66-62(36-48)59-31-30-58(45-69(59)80(66)70-37-49(2)63(46-77-70)51-29-32-64-65(40-51)76(14,15)35-34-75(64,12)13)81-57-25-21-24-56(44-57)78-47-79(68-27-20-19-26-67(68)78)71-60(50-22-17-16-18-23-50)42-55(74(9,10)11)43-61(71)52-38-53(72(3,4)5)41-54(39-52)73(6,7)8;/h16-33,36-43,46H,34-35H2,1-15H3;/q;+2/i1D3,2D3;. The molecule has 10 aromatic rings. The molecule has 2 aliphatic rings. The number of aromatic nitrogens is 2. The molecule has 0 atom stereocenters. The second-order valence-corrected chi connectivity index (χ2v) is 26.9. The Balaban J connectivity index is 0.00000800. The fraction of sp³-hybridized carbons (Fsp3) is 0.289. The van der Waals surface area contributed by atoms with Crippen LogP contribution in [-0.4, -0.2) is 15.6 Å². The topological polar surface area (TPSA) is 33.1 Å². The number of aryl methyl sites for hydroxylation is 2. The van der Waals surface area contributed by atoms with Gasteiger partial charge < -0.3 is 9.30 Å². The first kappa shape index (κ1) is 49.2. The third-order valence-corrected chi connectivity index (χ3v) is 17.0. The SMILES string of the molecule is [2H]C([2H])([2H])c1ccc2c(c1)c1ccc(Oc3[c-]c([N+]4=C=[N+](c5c(-c6ccccc6)cc(C(C)(C)C)cc5-c5cc(C(C)(C)C)cc(C(C)(C)C)c5)c5ccccc54)ccc3)[c-]c1n2-c1cc(C([2H])([2H])[2H])c(-c2ccc3c(c2)C(C)(C)CCC3(C)C)cn1.[Pt+2]. The molecule has 0 fully saturated rings. The molecular formula is C76H76N4OPt+2. The Morgan fingerprint density at radius 1 is 0.549 bits per heavy atom. The molecule has 0 saturated carbocycles. The monoisotopic (exact) mass is 1260 g/mol. The van der Waals surface area contributed by atoms with Crippen LogP contribution in [0.5, 0.6) is 11.5 Å². The van der Waals surface area contributed by atoms with E-state index in [1.807, 2.05) is 51.6 Å². The molecule has 0 bridgehead atoms. The van der Waals surface area contributed by atoms with Crippen molar-refractivity contribution >= 4 is 50.6 Å². The van der Waals surface area contributed by atoms with Gasteiger partial charge in [-0.05, 0) is 138 Å². The van der Waals surface area contributed by atoms with Gasteiger partial charge in [0.2, 0.25) is 5.69 Å². The van der Waals surface area contributed by atoms with Crippen LogP contribution >= 0.6 is 0 Å². The molecule has 1 aliphatic carbocycles. The molecule has 0 radical (unpaired) electrons. The maximum atomic E-state index is 8.93. The van der Waals surface area contributed by atoms with Gasteiger partial charge >= 0.3 is 27.1 Å². The Hall–Kier alpha value is -7.42. The van der Waals surface area contributed by atoms with Gasteiger partial charge in [0.25, 0.3) is 11.4 Å². The molecule has 0 spiro atoms. The van der Waals surface area contributed by atoms with Crippen molar-refractivity contribution < 1.29 is 34.0 Å². The third-order valence-electron chi connectivity index (χ3n) is 17.0. The van der Waals surface area contributed by atoms with Gasteiger partial charge in [0.15, 0.2) is 0 Å². The van der Waals surface area contributed by atoms with E-state index < -0.39 is 13.7 Å². The summed E-state index contributed by atoms with van der Waals surface area (Å²) in [4.78, 5) is 5.04. The molecule has 0 amide bonds. The Bertz CT molecular complexity index is 4470. The van der Waals surface area contributed by atoms with E-state index in [1.165, 1.54) is 27.8 Å². The van der Waals surface area contributed by atoms with Gasteiger partial charge in [-0.15, -0.1) is 23.6 Å². The summed E-state index contributed by atoms with van der Waals surface area (Å²) in [6.07, 6.45) is 3.74.